The van der Waals surface area contributed by atoms with E-state index in [2.05, 4.69) is 0 Å². The minimum absolute atomic E-state index is 0. The molecule has 0 aromatic carbocycles. The molecule has 0 aliphatic heterocycles. The third-order valence-electron chi connectivity index (χ3n) is 1.50. The van der Waals surface area contributed by atoms with Gasteiger partial charge in [0.05, 0.1) is 12.6 Å². The summed E-state index contributed by atoms with van der Waals surface area (Å²) in [4.78, 5) is 9.98. The number of aliphatic hydroxyl groups is 5. The molecule has 4 unspecified atom stereocenters. The summed E-state index contributed by atoms with van der Waals surface area (Å²) in [6.45, 7) is -0.863. The molecule has 0 rings (SSSR count). The first kappa shape index (κ1) is 146. The number of carbonyl (C=O) groups excluding carboxylic acids is 1. The van der Waals surface area contributed by atoms with E-state index in [1.807, 2.05) is 0 Å². The molecule has 0 bridgehead atoms. The number of hydrogen-bond acceptors (Lipinski definition) is 10. The predicted octanol–water partition coefficient (Wildman–Crippen LogP) is -18.3. The zero-order valence-corrected chi connectivity index (χ0v) is 25.2. The van der Waals surface area contributed by atoms with Gasteiger partial charge < -0.3 is 95.7 Å². The van der Waals surface area contributed by atoms with E-state index in [1.165, 1.54) is 0 Å². The molecule has 0 radical (unpaired) electrons. The molecule has 4 atom stereocenters. The number of rotatable bonds is 5. The zero-order valence-electron chi connectivity index (χ0n) is 15.7. The Kier molecular flexibility index (Phi) is 414. The number of aliphatic hydroxyl groups excluding tert-OH is 5. The Morgan fingerprint density at radius 2 is 0.867 bits per heavy atom. The van der Waals surface area contributed by atoms with Crippen LogP contribution in [-0.4, -0.2) is 161 Å². The molecule has 24 N–H and O–H groups in total. The van der Waals surface area contributed by atoms with Gasteiger partial charge in [-0.25, -0.2) is 0 Å². The van der Waals surface area contributed by atoms with Gasteiger partial charge in [-0.1, -0.05) is 0 Å². The average Bonchev–Trinajstić information content (AvgIpc) is 2.12. The SMILES string of the molecule is O.O.O.O.O.O.O.O.O=C([O-])C(O)C(O)C(O)C(O)CO.[Ca+2].[Fe].[Fe].[Fe].[Na+].[Na+].[OH-].[OH-].[OH-]. The summed E-state index contributed by atoms with van der Waals surface area (Å²) in [5, 5.41) is 53.4. The Bertz CT molecular complexity index is 207. The van der Waals surface area contributed by atoms with Crippen molar-refractivity contribution in [1.82, 2.24) is 0 Å². The molecule has 0 heterocycles. The quantitative estimate of drug-likeness (QED) is 0.176. The van der Waals surface area contributed by atoms with Crippen molar-refractivity contribution < 1.29 is 206 Å². The van der Waals surface area contributed by atoms with E-state index in [9.17, 15) is 9.90 Å². The van der Waals surface area contributed by atoms with Crippen molar-refractivity contribution in [2.45, 2.75) is 24.4 Å². The molecule has 18 nitrogen and oxygen atoms in total. The van der Waals surface area contributed by atoms with E-state index < -0.39 is 37.0 Å². The fraction of sp³-hybridized carbons (Fsp3) is 0.833. The van der Waals surface area contributed by atoms with Gasteiger partial charge in [-0.2, -0.15) is 0 Å². The van der Waals surface area contributed by atoms with Crippen molar-refractivity contribution in [1.29, 1.82) is 0 Å². The summed E-state index contributed by atoms with van der Waals surface area (Å²) >= 11 is 0. The van der Waals surface area contributed by atoms with Gasteiger partial charge in [0.25, 0.3) is 0 Å². The van der Waals surface area contributed by atoms with Crippen molar-refractivity contribution in [3.63, 3.8) is 0 Å². The van der Waals surface area contributed by atoms with Crippen LogP contribution in [0.4, 0.5) is 0 Å². The fourth-order valence-corrected chi connectivity index (χ4v) is 0.662. The molecule has 0 fully saturated rings. The molecule has 0 aliphatic carbocycles. The maximum absolute atomic E-state index is 9.98. The maximum Gasteiger partial charge on any atom is 2.00 e. The van der Waals surface area contributed by atoms with Gasteiger partial charge in [-0.05, 0) is 0 Å². The van der Waals surface area contributed by atoms with Crippen molar-refractivity contribution in [2.75, 3.05) is 6.61 Å². The minimum Gasteiger partial charge on any atom is -0.870 e. The third kappa shape index (κ3) is 63.4. The normalized spacial score (nSPS) is 8.83. The van der Waals surface area contributed by atoms with Crippen molar-refractivity contribution in [3.05, 3.63) is 0 Å². The summed E-state index contributed by atoms with van der Waals surface area (Å²) < 4.78 is 0. The van der Waals surface area contributed by atoms with Crippen LogP contribution in [0.5, 0.6) is 0 Å². The van der Waals surface area contributed by atoms with Crippen LogP contribution in [0.3, 0.4) is 0 Å². The molecular weight excluding hydrogens is 614 g/mol. The van der Waals surface area contributed by atoms with Crippen LogP contribution in [0, 0.1) is 0 Å². The third-order valence-corrected chi connectivity index (χ3v) is 1.50. The van der Waals surface area contributed by atoms with Crippen LogP contribution in [0.25, 0.3) is 0 Å². The number of aliphatic carboxylic acids is 1. The molecule has 0 aliphatic rings. The molecule has 0 amide bonds. The predicted molar refractivity (Wildman–Crippen MR) is 76.6 cm³/mol. The van der Waals surface area contributed by atoms with Crippen LogP contribution < -0.4 is 64.2 Å². The second-order valence-corrected chi connectivity index (χ2v) is 2.49. The summed E-state index contributed by atoms with van der Waals surface area (Å²) in [6, 6.07) is 0. The molecule has 0 saturated heterocycles. The first-order valence-electron chi connectivity index (χ1n) is 3.45. The summed E-state index contributed by atoms with van der Waals surface area (Å²) in [6.07, 6.45) is -8.08. The van der Waals surface area contributed by atoms with Crippen LogP contribution in [0.15, 0.2) is 0 Å². The van der Waals surface area contributed by atoms with E-state index in [-0.39, 0.29) is 208 Å². The molecule has 0 saturated carbocycles. The minimum atomic E-state index is -2.31. The Hall–Kier alpha value is 3.65. The largest absolute Gasteiger partial charge is 2.00 e. The van der Waals surface area contributed by atoms with Crippen LogP contribution in [0.1, 0.15) is 0 Å². The fourth-order valence-electron chi connectivity index (χ4n) is 0.662. The smallest absolute Gasteiger partial charge is 0.870 e. The average molecular weight is 644 g/mol. The molecule has 0 spiro atoms. The first-order chi connectivity index (χ1) is 5.91. The van der Waals surface area contributed by atoms with Gasteiger partial charge >= 0.3 is 96.9 Å². The van der Waals surface area contributed by atoms with Crippen molar-refractivity contribution in [3.8, 4) is 0 Å². The number of carboxylic acids is 1. The molecule has 0 aromatic rings. The van der Waals surface area contributed by atoms with E-state index in [4.69, 9.17) is 25.5 Å². The van der Waals surface area contributed by atoms with Crippen LogP contribution >= 0.6 is 0 Å². The maximum atomic E-state index is 9.98. The molecule has 24 heteroatoms. The molecule has 30 heavy (non-hydrogen) atoms. The van der Waals surface area contributed by atoms with E-state index in [0.29, 0.717) is 0 Å². The van der Waals surface area contributed by atoms with Gasteiger partial charge in [0.2, 0.25) is 0 Å². The van der Waals surface area contributed by atoms with E-state index >= 15 is 0 Å². The van der Waals surface area contributed by atoms with Gasteiger partial charge in [0.15, 0.2) is 0 Å². The molecule has 0 aromatic heterocycles. The van der Waals surface area contributed by atoms with Crippen LogP contribution in [0.2, 0.25) is 0 Å². The molecule has 190 valence electrons. The van der Waals surface area contributed by atoms with Crippen LogP contribution in [-0.2, 0) is 56.0 Å². The summed E-state index contributed by atoms with van der Waals surface area (Å²) in [5.74, 6) is -1.98. The Morgan fingerprint density at radius 3 is 1.00 bits per heavy atom. The summed E-state index contributed by atoms with van der Waals surface area (Å²) in [7, 11) is 0. The van der Waals surface area contributed by atoms with Gasteiger partial charge in [0, 0.05) is 51.2 Å². The Balaban J connectivity index is -0.00000000529. The van der Waals surface area contributed by atoms with E-state index in [1.54, 1.807) is 0 Å². The standard InChI is InChI=1S/C6H12O7.Ca.3Fe.2Na.11H2O/c7-1-2(8)3(9)4(10)5(11)6(12)13;;;;;;;;;;;;;;;;;/h2-5,7-11H,1H2,(H,12,13);;;;;;;11*1H2/q;+2;;;;2*+1;;;;;;;;;;;/p-4. The zero-order chi connectivity index (χ0) is 10.6. The Labute approximate surface area is 277 Å². The Morgan fingerprint density at radius 1 is 0.667 bits per heavy atom. The topological polar surface area (TPSA) is 483 Å². The summed E-state index contributed by atoms with van der Waals surface area (Å²) in [5.41, 5.74) is 0. The first-order valence-corrected chi connectivity index (χ1v) is 3.45. The van der Waals surface area contributed by atoms with Gasteiger partial charge in [0.1, 0.15) is 24.4 Å². The molecular formula is C6H30CaFe3Na2O18. The monoisotopic (exact) mass is 644 g/mol. The van der Waals surface area contributed by atoms with Crippen molar-refractivity contribution >= 4 is 43.7 Å². The second kappa shape index (κ2) is 84.7. The number of hydrogen-bond donors (Lipinski definition) is 5. The van der Waals surface area contributed by atoms with Gasteiger partial charge in [-0.3, -0.25) is 0 Å². The number of carboxylic acid groups (broad SMARTS) is 1. The van der Waals surface area contributed by atoms with E-state index in [0.717, 1.165) is 0 Å². The second-order valence-electron chi connectivity index (χ2n) is 2.49. The van der Waals surface area contributed by atoms with Gasteiger partial charge in [-0.15, -0.1) is 0 Å². The van der Waals surface area contributed by atoms with Crippen molar-refractivity contribution in [2.24, 2.45) is 0 Å². The number of carbonyl (C=O) groups is 1.